The molecule has 34 heavy (non-hydrogen) atoms. The lowest BCUT2D eigenvalue weighted by atomic mass is 10.1. The summed E-state index contributed by atoms with van der Waals surface area (Å²) in [5, 5.41) is 12.0. The Bertz CT molecular complexity index is 1080. The maximum Gasteiger partial charge on any atom is 0.366 e. The Kier molecular flexibility index (Phi) is 7.16. The summed E-state index contributed by atoms with van der Waals surface area (Å²) in [7, 11) is 0. The van der Waals surface area contributed by atoms with E-state index < -0.39 is 34.8 Å². The molecule has 0 bridgehead atoms. The van der Waals surface area contributed by atoms with Gasteiger partial charge < -0.3 is 10.4 Å². The quantitative estimate of drug-likeness (QED) is 0.417. The number of carbonyl (C=O) groups is 4. The number of hydroxylamine groups is 3. The molecule has 0 aromatic heterocycles. The van der Waals surface area contributed by atoms with E-state index in [-0.39, 0.29) is 22.7 Å². The second-order valence-electron chi connectivity index (χ2n) is 8.65. The minimum Gasteiger partial charge on any atom is -0.477 e. The zero-order valence-corrected chi connectivity index (χ0v) is 19.6. The van der Waals surface area contributed by atoms with E-state index in [1.807, 2.05) is 36.4 Å². The van der Waals surface area contributed by atoms with Gasteiger partial charge in [-0.15, -0.1) is 4.84 Å². The van der Waals surface area contributed by atoms with E-state index in [9.17, 15) is 24.3 Å². The van der Waals surface area contributed by atoms with Crippen LogP contribution in [0, 0.1) is 5.92 Å². The highest BCUT2D eigenvalue weighted by molar-refractivity contribution is 8.13. The summed E-state index contributed by atoms with van der Waals surface area (Å²) < 4.78 is -0.469. The number of aliphatic carboxylic acids is 1. The van der Waals surface area contributed by atoms with Gasteiger partial charge in [0, 0.05) is 30.6 Å². The molecule has 9 heteroatoms. The SMILES string of the molecule is CC(CSC(=O)[C@H](Cc1ccccc1)NC(=O)c1ccccc1)C(=O)[N+]12OC1CC[C@H]2C(=O)O. The number of nitrogens with zero attached hydrogens (tertiary/aromatic N) is 1. The maximum atomic E-state index is 13.1. The summed E-state index contributed by atoms with van der Waals surface area (Å²) in [5.74, 6) is -2.12. The molecule has 0 spiro atoms. The number of quaternary nitrogens is 1. The van der Waals surface area contributed by atoms with E-state index in [1.54, 1.807) is 31.2 Å². The molecular formula is C25H27N2O6S+. The van der Waals surface area contributed by atoms with Gasteiger partial charge in [-0.2, -0.15) is 0 Å². The smallest absolute Gasteiger partial charge is 0.366 e. The third-order valence-corrected chi connectivity index (χ3v) is 7.50. The zero-order chi connectivity index (χ0) is 24.3. The first-order chi connectivity index (χ1) is 16.3. The first-order valence-corrected chi connectivity index (χ1v) is 12.2. The van der Waals surface area contributed by atoms with Crippen LogP contribution in [0.5, 0.6) is 0 Å². The molecule has 3 unspecified atom stereocenters. The summed E-state index contributed by atoms with van der Waals surface area (Å²) in [6.07, 6.45) is 0.856. The average Bonchev–Trinajstić information content (AvgIpc) is 3.46. The van der Waals surface area contributed by atoms with Gasteiger partial charge >= 0.3 is 11.9 Å². The number of nitrogens with one attached hydrogen (secondary N) is 1. The molecule has 0 saturated carbocycles. The molecule has 2 aromatic carbocycles. The first kappa shape index (κ1) is 24.1. The van der Waals surface area contributed by atoms with E-state index in [0.717, 1.165) is 17.3 Å². The number of rotatable bonds is 9. The molecule has 4 rings (SSSR count). The number of thioether (sulfide) groups is 1. The molecule has 178 valence electrons. The highest BCUT2D eigenvalue weighted by Gasteiger charge is 2.76. The molecule has 2 aliphatic rings. The zero-order valence-electron chi connectivity index (χ0n) is 18.8. The summed E-state index contributed by atoms with van der Waals surface area (Å²) in [4.78, 5) is 56.0. The second kappa shape index (κ2) is 10.1. The average molecular weight is 484 g/mol. The van der Waals surface area contributed by atoms with Crippen molar-refractivity contribution in [1.29, 1.82) is 0 Å². The van der Waals surface area contributed by atoms with Crippen molar-refractivity contribution in [3.8, 4) is 0 Å². The van der Waals surface area contributed by atoms with E-state index >= 15 is 0 Å². The Morgan fingerprint density at radius 3 is 2.32 bits per heavy atom. The van der Waals surface area contributed by atoms with Crippen LogP contribution in [0.3, 0.4) is 0 Å². The van der Waals surface area contributed by atoms with Crippen LogP contribution in [0.25, 0.3) is 0 Å². The number of hydrogen-bond donors (Lipinski definition) is 2. The first-order valence-electron chi connectivity index (χ1n) is 11.2. The largest absolute Gasteiger partial charge is 0.477 e. The van der Waals surface area contributed by atoms with Crippen LogP contribution in [-0.4, -0.2) is 56.7 Å². The van der Waals surface area contributed by atoms with E-state index in [2.05, 4.69) is 5.32 Å². The number of carboxylic acids is 1. The maximum absolute atomic E-state index is 13.1. The van der Waals surface area contributed by atoms with Gasteiger partial charge in [0.2, 0.25) is 11.2 Å². The van der Waals surface area contributed by atoms with Gasteiger partial charge in [-0.1, -0.05) is 64.9 Å². The van der Waals surface area contributed by atoms with Crippen LogP contribution >= 0.6 is 11.8 Å². The minimum absolute atomic E-state index is 0.173. The molecule has 2 fully saturated rings. The third-order valence-electron chi connectivity index (χ3n) is 6.26. The van der Waals surface area contributed by atoms with Crippen LogP contribution < -0.4 is 5.32 Å². The fraction of sp³-hybridized carbons (Fsp3) is 0.360. The Morgan fingerprint density at radius 2 is 1.71 bits per heavy atom. The molecule has 2 aromatic rings. The Balaban J connectivity index is 1.41. The van der Waals surface area contributed by atoms with Crippen molar-refractivity contribution in [2.45, 2.75) is 44.5 Å². The van der Waals surface area contributed by atoms with Gasteiger partial charge in [-0.25, -0.2) is 9.59 Å². The van der Waals surface area contributed by atoms with Crippen molar-refractivity contribution in [1.82, 2.24) is 5.32 Å². The minimum atomic E-state index is -1.05. The highest BCUT2D eigenvalue weighted by Crippen LogP contribution is 2.49. The number of carbonyl (C=O) groups excluding carboxylic acids is 3. The lowest BCUT2D eigenvalue weighted by Gasteiger charge is -2.20. The highest BCUT2D eigenvalue weighted by atomic mass is 32.2. The van der Waals surface area contributed by atoms with Crippen molar-refractivity contribution in [3.63, 3.8) is 0 Å². The topological polar surface area (TPSA) is 113 Å². The van der Waals surface area contributed by atoms with Crippen LogP contribution in [-0.2, 0) is 25.6 Å². The molecule has 8 nitrogen and oxygen atoms in total. The summed E-state index contributed by atoms with van der Waals surface area (Å²) in [6.45, 7) is 1.68. The van der Waals surface area contributed by atoms with E-state index in [1.165, 1.54) is 0 Å². The van der Waals surface area contributed by atoms with Gasteiger partial charge in [0.1, 0.15) is 6.04 Å². The van der Waals surface area contributed by atoms with Gasteiger partial charge in [-0.05, 0) is 24.6 Å². The molecule has 0 radical (unpaired) electrons. The molecule has 2 amide bonds. The van der Waals surface area contributed by atoms with Gasteiger partial charge in [-0.3, -0.25) is 9.59 Å². The number of carboxylic acid groups (broad SMARTS) is 1. The molecule has 2 heterocycles. The lowest BCUT2D eigenvalue weighted by Crippen LogP contribution is -2.48. The van der Waals surface area contributed by atoms with Crippen LogP contribution in [0.2, 0.25) is 0 Å². The normalized spacial score (nSPS) is 24.5. The van der Waals surface area contributed by atoms with Crippen LogP contribution in [0.4, 0.5) is 0 Å². The summed E-state index contributed by atoms with van der Waals surface area (Å²) >= 11 is 0.976. The van der Waals surface area contributed by atoms with E-state index in [0.29, 0.717) is 24.8 Å². The fourth-order valence-electron chi connectivity index (χ4n) is 4.42. The summed E-state index contributed by atoms with van der Waals surface area (Å²) in [6, 6.07) is 16.4. The molecule has 2 N–H and O–H groups in total. The Morgan fingerprint density at radius 1 is 1.06 bits per heavy atom. The molecule has 2 saturated heterocycles. The van der Waals surface area contributed by atoms with Crippen molar-refractivity contribution in [2.75, 3.05) is 5.75 Å². The molecule has 2 aliphatic heterocycles. The van der Waals surface area contributed by atoms with Gasteiger partial charge in [0.15, 0.2) is 0 Å². The molecule has 0 aliphatic carbocycles. The third kappa shape index (κ3) is 4.91. The number of amides is 2. The van der Waals surface area contributed by atoms with Gasteiger partial charge in [0.25, 0.3) is 12.1 Å². The van der Waals surface area contributed by atoms with E-state index in [4.69, 9.17) is 4.84 Å². The van der Waals surface area contributed by atoms with Crippen LogP contribution in [0.1, 0.15) is 35.7 Å². The lowest BCUT2D eigenvalue weighted by molar-refractivity contribution is -0.859. The predicted octanol–water partition coefficient (Wildman–Crippen LogP) is 2.79. The van der Waals surface area contributed by atoms with Crippen LogP contribution in [0.15, 0.2) is 60.7 Å². The van der Waals surface area contributed by atoms with Crippen molar-refractivity contribution < 1.29 is 33.8 Å². The monoisotopic (exact) mass is 483 g/mol. The Labute approximate surface area is 201 Å². The number of hydrogen-bond acceptors (Lipinski definition) is 6. The van der Waals surface area contributed by atoms with Crippen molar-refractivity contribution in [2.24, 2.45) is 5.92 Å². The second-order valence-corrected chi connectivity index (χ2v) is 9.68. The Hall–Kier alpha value is -3.01. The molecule has 5 atom stereocenters. The van der Waals surface area contributed by atoms with Crippen molar-refractivity contribution in [3.05, 3.63) is 71.8 Å². The number of benzene rings is 2. The predicted molar refractivity (Wildman–Crippen MR) is 125 cm³/mol. The van der Waals surface area contributed by atoms with Crippen molar-refractivity contribution >= 4 is 34.7 Å². The summed E-state index contributed by atoms with van der Waals surface area (Å²) in [5.41, 5.74) is 1.36. The fourth-order valence-corrected chi connectivity index (χ4v) is 5.32. The van der Waals surface area contributed by atoms with Gasteiger partial charge in [0.05, 0.1) is 5.92 Å². The number of fused-ring (bicyclic) bond motifs is 1. The standard InChI is InChI=1S/C25H26N2O6S/c1-16(23(29)27-20(24(30)31)12-13-21(27)33-27)15-34-25(32)19(14-17-8-4-2-5-9-17)26-22(28)18-10-6-3-7-11-18/h2-11,16,19-21H,12-15H2,1H3,(H-,26,28,30,31)/p+1/t16?,19-,20-,21?,27?/m0/s1. The molecular weight excluding hydrogens is 456 g/mol.